The van der Waals surface area contributed by atoms with Gasteiger partial charge in [-0.3, -0.25) is 9.78 Å². The lowest BCUT2D eigenvalue weighted by atomic mass is 10.1. The number of nitrogens with two attached hydrogens (primary N) is 1. The molecule has 0 aliphatic rings. The van der Waals surface area contributed by atoms with Gasteiger partial charge in [-0.05, 0) is 44.2 Å². The molecule has 0 unspecified atom stereocenters. The monoisotopic (exact) mass is 269 g/mol. The summed E-state index contributed by atoms with van der Waals surface area (Å²) in [7, 11) is 0. The van der Waals surface area contributed by atoms with Crippen molar-refractivity contribution in [2.24, 2.45) is 5.73 Å². The molecule has 1 heterocycles. The van der Waals surface area contributed by atoms with E-state index >= 15 is 0 Å². The van der Waals surface area contributed by atoms with E-state index in [0.717, 1.165) is 12.1 Å². The van der Waals surface area contributed by atoms with Gasteiger partial charge in [-0.15, -0.1) is 0 Å². The second kappa shape index (κ2) is 6.82. The highest BCUT2D eigenvalue weighted by molar-refractivity contribution is 6.05. The lowest BCUT2D eigenvalue weighted by Gasteiger charge is -2.22. The molecule has 20 heavy (non-hydrogen) atoms. The topological polar surface area (TPSA) is 59.2 Å². The van der Waals surface area contributed by atoms with Crippen LogP contribution in [0.3, 0.4) is 0 Å². The van der Waals surface area contributed by atoms with Crippen LogP contribution in [0, 0.1) is 6.92 Å². The van der Waals surface area contributed by atoms with Crippen molar-refractivity contribution in [3.8, 4) is 0 Å². The summed E-state index contributed by atoms with van der Waals surface area (Å²) in [5.41, 5.74) is 8.21. The summed E-state index contributed by atoms with van der Waals surface area (Å²) in [5.74, 6) is -0.0459. The van der Waals surface area contributed by atoms with Crippen molar-refractivity contribution >= 4 is 11.6 Å². The van der Waals surface area contributed by atoms with Gasteiger partial charge in [0.1, 0.15) is 0 Å². The van der Waals surface area contributed by atoms with E-state index in [0.29, 0.717) is 18.7 Å². The fourth-order valence-electron chi connectivity index (χ4n) is 1.97. The molecule has 0 bridgehead atoms. The first kappa shape index (κ1) is 14.2. The molecule has 1 aromatic carbocycles. The highest BCUT2D eigenvalue weighted by atomic mass is 16.2. The first-order chi connectivity index (χ1) is 9.72. The van der Waals surface area contributed by atoms with Crippen molar-refractivity contribution < 1.29 is 4.79 Å². The van der Waals surface area contributed by atoms with E-state index in [9.17, 15) is 4.79 Å². The normalized spacial score (nSPS) is 10.3. The van der Waals surface area contributed by atoms with Crippen LogP contribution >= 0.6 is 0 Å². The van der Waals surface area contributed by atoms with E-state index in [1.165, 1.54) is 5.56 Å². The zero-order valence-corrected chi connectivity index (χ0v) is 11.6. The summed E-state index contributed by atoms with van der Waals surface area (Å²) in [6, 6.07) is 11.5. The number of hydrogen-bond acceptors (Lipinski definition) is 3. The second-order valence-corrected chi connectivity index (χ2v) is 4.68. The average molecular weight is 269 g/mol. The molecule has 4 nitrogen and oxygen atoms in total. The van der Waals surface area contributed by atoms with Crippen molar-refractivity contribution in [2.45, 2.75) is 13.3 Å². The van der Waals surface area contributed by atoms with Crippen LogP contribution in [0.5, 0.6) is 0 Å². The summed E-state index contributed by atoms with van der Waals surface area (Å²) in [4.78, 5) is 18.3. The number of carbonyl (C=O) groups excluding carboxylic acids is 1. The molecule has 0 aliphatic carbocycles. The standard InChI is InChI=1S/C16H19N3O/c1-13-5-7-15(8-6-13)19(11-3-9-17)16(20)14-4-2-10-18-12-14/h2,4-8,10,12H,3,9,11,17H2,1H3. The van der Waals surface area contributed by atoms with Crippen LogP contribution in [0.2, 0.25) is 0 Å². The molecule has 1 aromatic heterocycles. The third-order valence-corrected chi connectivity index (χ3v) is 3.09. The van der Waals surface area contributed by atoms with Gasteiger partial charge in [0.25, 0.3) is 5.91 Å². The van der Waals surface area contributed by atoms with Crippen molar-refractivity contribution in [3.05, 3.63) is 59.9 Å². The van der Waals surface area contributed by atoms with Crippen LogP contribution in [0.1, 0.15) is 22.3 Å². The van der Waals surface area contributed by atoms with Gasteiger partial charge in [-0.1, -0.05) is 17.7 Å². The smallest absolute Gasteiger partial charge is 0.259 e. The van der Waals surface area contributed by atoms with Crippen LogP contribution < -0.4 is 10.6 Å². The molecular formula is C16H19N3O. The van der Waals surface area contributed by atoms with Gasteiger partial charge in [0.15, 0.2) is 0 Å². The Morgan fingerprint density at radius 2 is 2.00 bits per heavy atom. The van der Waals surface area contributed by atoms with E-state index in [-0.39, 0.29) is 5.91 Å². The Balaban J connectivity index is 2.27. The van der Waals surface area contributed by atoms with Gasteiger partial charge >= 0.3 is 0 Å². The Labute approximate surface area is 119 Å². The Hall–Kier alpha value is -2.20. The molecule has 2 aromatic rings. The maximum atomic E-state index is 12.6. The van der Waals surface area contributed by atoms with Crippen LogP contribution in [0.15, 0.2) is 48.8 Å². The van der Waals surface area contributed by atoms with E-state index in [2.05, 4.69) is 4.98 Å². The molecule has 0 fully saturated rings. The second-order valence-electron chi connectivity index (χ2n) is 4.68. The summed E-state index contributed by atoms with van der Waals surface area (Å²) >= 11 is 0. The fourth-order valence-corrected chi connectivity index (χ4v) is 1.97. The Bertz CT molecular complexity index is 552. The SMILES string of the molecule is Cc1ccc(N(CCCN)C(=O)c2cccnc2)cc1. The Kier molecular flexibility index (Phi) is 4.85. The third-order valence-electron chi connectivity index (χ3n) is 3.09. The highest BCUT2D eigenvalue weighted by Gasteiger charge is 2.17. The number of pyridine rings is 1. The van der Waals surface area contributed by atoms with Crippen molar-refractivity contribution in [1.82, 2.24) is 4.98 Å². The number of carbonyl (C=O) groups is 1. The van der Waals surface area contributed by atoms with Crippen LogP contribution in [0.25, 0.3) is 0 Å². The number of aryl methyl sites for hydroxylation is 1. The van der Waals surface area contributed by atoms with Gasteiger partial charge in [0.2, 0.25) is 0 Å². The van der Waals surface area contributed by atoms with Gasteiger partial charge in [-0.2, -0.15) is 0 Å². The van der Waals surface area contributed by atoms with Crippen molar-refractivity contribution in [3.63, 3.8) is 0 Å². The number of aromatic nitrogens is 1. The predicted molar refractivity (Wildman–Crippen MR) is 80.8 cm³/mol. The summed E-state index contributed by atoms with van der Waals surface area (Å²) < 4.78 is 0. The molecule has 0 saturated heterocycles. The Morgan fingerprint density at radius 3 is 2.60 bits per heavy atom. The summed E-state index contributed by atoms with van der Waals surface area (Å²) in [5, 5.41) is 0. The minimum absolute atomic E-state index is 0.0459. The van der Waals surface area contributed by atoms with Gasteiger partial charge < -0.3 is 10.6 Å². The van der Waals surface area contributed by atoms with Gasteiger partial charge in [-0.25, -0.2) is 0 Å². The van der Waals surface area contributed by atoms with E-state index in [1.54, 1.807) is 29.4 Å². The lowest BCUT2D eigenvalue weighted by molar-refractivity contribution is 0.0986. The lowest BCUT2D eigenvalue weighted by Crippen LogP contribution is -2.33. The first-order valence-corrected chi connectivity index (χ1v) is 6.71. The maximum Gasteiger partial charge on any atom is 0.259 e. The van der Waals surface area contributed by atoms with Crippen LogP contribution in [0.4, 0.5) is 5.69 Å². The zero-order valence-electron chi connectivity index (χ0n) is 11.6. The number of anilines is 1. The zero-order chi connectivity index (χ0) is 14.4. The quantitative estimate of drug-likeness (QED) is 0.906. The van der Waals surface area contributed by atoms with Gasteiger partial charge in [0.05, 0.1) is 5.56 Å². The molecule has 0 spiro atoms. The summed E-state index contributed by atoms with van der Waals surface area (Å²) in [6.45, 7) is 3.19. The predicted octanol–water partition coefficient (Wildman–Crippen LogP) is 2.39. The van der Waals surface area contributed by atoms with E-state index in [4.69, 9.17) is 5.73 Å². The molecule has 0 aliphatic heterocycles. The molecule has 4 heteroatoms. The van der Waals surface area contributed by atoms with Gasteiger partial charge in [0, 0.05) is 24.6 Å². The summed E-state index contributed by atoms with van der Waals surface area (Å²) in [6.07, 6.45) is 4.01. The maximum absolute atomic E-state index is 12.6. The first-order valence-electron chi connectivity index (χ1n) is 6.71. The van der Waals surface area contributed by atoms with Crippen molar-refractivity contribution in [2.75, 3.05) is 18.0 Å². The fraction of sp³-hybridized carbons (Fsp3) is 0.250. The molecule has 2 rings (SSSR count). The largest absolute Gasteiger partial charge is 0.330 e. The number of benzene rings is 1. The molecule has 0 atom stereocenters. The van der Waals surface area contributed by atoms with Crippen LogP contribution in [-0.4, -0.2) is 24.0 Å². The van der Waals surface area contributed by atoms with Crippen molar-refractivity contribution in [1.29, 1.82) is 0 Å². The average Bonchev–Trinajstić information content (AvgIpc) is 2.50. The van der Waals surface area contributed by atoms with E-state index < -0.39 is 0 Å². The van der Waals surface area contributed by atoms with Crippen LogP contribution in [-0.2, 0) is 0 Å². The molecule has 0 saturated carbocycles. The number of amides is 1. The number of rotatable bonds is 5. The number of hydrogen-bond donors (Lipinski definition) is 1. The molecule has 1 amide bonds. The molecule has 0 radical (unpaired) electrons. The minimum atomic E-state index is -0.0459. The van der Waals surface area contributed by atoms with E-state index in [1.807, 2.05) is 31.2 Å². The molecule has 2 N–H and O–H groups in total. The Morgan fingerprint density at radius 1 is 1.25 bits per heavy atom. The highest BCUT2D eigenvalue weighted by Crippen LogP contribution is 2.18. The third kappa shape index (κ3) is 3.42. The number of nitrogens with zero attached hydrogens (tertiary/aromatic N) is 2. The minimum Gasteiger partial charge on any atom is -0.330 e. The molecular weight excluding hydrogens is 250 g/mol. The molecule has 104 valence electrons.